The van der Waals surface area contributed by atoms with E-state index in [-0.39, 0.29) is 18.8 Å². The van der Waals surface area contributed by atoms with Crippen molar-refractivity contribution in [2.24, 2.45) is 5.92 Å². The number of amides is 3. The lowest BCUT2D eigenvalue weighted by atomic mass is 10.0. The number of hydrogen-bond acceptors (Lipinski definition) is 5. The molecule has 0 radical (unpaired) electrons. The maximum absolute atomic E-state index is 12.6. The molecule has 1 N–H and O–H groups in total. The second kappa shape index (κ2) is 6.92. The van der Waals surface area contributed by atoms with Crippen molar-refractivity contribution in [3.63, 3.8) is 0 Å². The van der Waals surface area contributed by atoms with E-state index >= 15 is 0 Å². The average molecular weight is 348 g/mol. The Morgan fingerprint density at radius 1 is 1.16 bits per heavy atom. The van der Waals surface area contributed by atoms with Gasteiger partial charge in [0.1, 0.15) is 12.3 Å². The van der Waals surface area contributed by atoms with Crippen LogP contribution in [0, 0.1) is 5.92 Å². The van der Waals surface area contributed by atoms with Gasteiger partial charge in [0.05, 0.1) is 0 Å². The second-order valence-electron chi connectivity index (χ2n) is 6.67. The van der Waals surface area contributed by atoms with Crippen LogP contribution < -0.4 is 0 Å². The zero-order chi connectivity index (χ0) is 18.8. The fourth-order valence-corrected chi connectivity index (χ4v) is 2.33. The molecule has 1 aromatic carbocycles. The normalized spacial score (nSPS) is 18.0. The summed E-state index contributed by atoms with van der Waals surface area (Å²) in [4.78, 5) is 50.4. The lowest BCUT2D eigenvalue weighted by Gasteiger charge is -2.37. The fraction of sp³-hybridized carbons (Fsp3) is 0.412. The number of benzene rings is 1. The molecular weight excluding hydrogens is 328 g/mol. The molecule has 1 fully saturated rings. The Morgan fingerprint density at radius 3 is 2.28 bits per heavy atom. The van der Waals surface area contributed by atoms with Crippen molar-refractivity contribution in [1.82, 2.24) is 9.80 Å². The summed E-state index contributed by atoms with van der Waals surface area (Å²) in [5, 5.41) is 9.27. The third-order valence-corrected chi connectivity index (χ3v) is 3.49. The number of imide groups is 1. The third kappa shape index (κ3) is 4.34. The van der Waals surface area contributed by atoms with Crippen LogP contribution in [0.15, 0.2) is 30.3 Å². The summed E-state index contributed by atoms with van der Waals surface area (Å²) in [6.45, 7) is 4.30. The maximum atomic E-state index is 12.6. The zero-order valence-electron chi connectivity index (χ0n) is 14.3. The number of rotatable bonds is 2. The molecule has 1 atom stereocenters. The molecule has 1 aliphatic heterocycles. The van der Waals surface area contributed by atoms with Gasteiger partial charge in [0.25, 0.3) is 5.91 Å². The standard InChI is InChI=1S/C17H20N2O6/c1-17(2,3)25-16(24)18-9-12(15(22)23)14(21)19(10-18)13(20)11-7-5-4-6-8-11/h4-8,12H,9-10H2,1-3H3,(H,22,23). The van der Waals surface area contributed by atoms with Gasteiger partial charge in [0.15, 0.2) is 5.92 Å². The van der Waals surface area contributed by atoms with E-state index in [9.17, 15) is 24.3 Å². The third-order valence-electron chi connectivity index (χ3n) is 3.49. The van der Waals surface area contributed by atoms with E-state index in [0.717, 1.165) is 9.80 Å². The van der Waals surface area contributed by atoms with Crippen molar-refractivity contribution in [1.29, 1.82) is 0 Å². The number of ether oxygens (including phenoxy) is 1. The number of hydrogen-bond donors (Lipinski definition) is 1. The highest BCUT2D eigenvalue weighted by Crippen LogP contribution is 2.20. The predicted octanol–water partition coefficient (Wildman–Crippen LogP) is 1.56. The molecular formula is C17H20N2O6. The molecule has 1 saturated heterocycles. The molecule has 0 spiro atoms. The number of carboxylic acid groups (broad SMARTS) is 1. The molecule has 1 heterocycles. The quantitative estimate of drug-likeness (QED) is 0.642. The van der Waals surface area contributed by atoms with E-state index in [2.05, 4.69) is 0 Å². The van der Waals surface area contributed by atoms with E-state index < -0.39 is 35.4 Å². The summed E-state index contributed by atoms with van der Waals surface area (Å²) in [6, 6.07) is 7.99. The highest BCUT2D eigenvalue weighted by molar-refractivity contribution is 6.10. The summed E-state index contributed by atoms with van der Waals surface area (Å²) >= 11 is 0. The summed E-state index contributed by atoms with van der Waals surface area (Å²) in [5.41, 5.74) is -0.558. The first-order valence-electron chi connectivity index (χ1n) is 7.71. The summed E-state index contributed by atoms with van der Waals surface area (Å²) in [5.74, 6) is -4.43. The molecule has 134 valence electrons. The SMILES string of the molecule is CC(C)(C)OC(=O)N1CC(C(=O)O)C(=O)N(C(=O)c2ccccc2)C1. The van der Waals surface area contributed by atoms with Crippen LogP contribution in [0.3, 0.4) is 0 Å². The van der Waals surface area contributed by atoms with Crippen LogP contribution in [0.4, 0.5) is 4.79 Å². The van der Waals surface area contributed by atoms with E-state index in [0.29, 0.717) is 0 Å². The Bertz CT molecular complexity index is 695. The molecule has 1 aromatic rings. The first-order chi connectivity index (χ1) is 11.6. The lowest BCUT2D eigenvalue weighted by molar-refractivity contribution is -0.154. The molecule has 1 unspecified atom stereocenters. The topological polar surface area (TPSA) is 104 Å². The number of carbonyl (C=O) groups is 4. The van der Waals surface area contributed by atoms with Gasteiger partial charge >= 0.3 is 12.1 Å². The van der Waals surface area contributed by atoms with Crippen molar-refractivity contribution in [3.05, 3.63) is 35.9 Å². The average Bonchev–Trinajstić information content (AvgIpc) is 2.53. The minimum absolute atomic E-state index is 0.228. The smallest absolute Gasteiger partial charge is 0.411 e. The van der Waals surface area contributed by atoms with E-state index in [1.54, 1.807) is 39.0 Å². The fourth-order valence-electron chi connectivity index (χ4n) is 2.33. The highest BCUT2D eigenvalue weighted by atomic mass is 16.6. The van der Waals surface area contributed by atoms with Gasteiger partial charge in [-0.1, -0.05) is 18.2 Å². The van der Waals surface area contributed by atoms with Gasteiger partial charge in [-0.2, -0.15) is 0 Å². The first-order valence-corrected chi connectivity index (χ1v) is 7.71. The second-order valence-corrected chi connectivity index (χ2v) is 6.67. The van der Waals surface area contributed by atoms with Crippen molar-refractivity contribution in [3.8, 4) is 0 Å². The highest BCUT2D eigenvalue weighted by Gasteiger charge is 2.43. The zero-order valence-corrected chi connectivity index (χ0v) is 14.3. The number of carboxylic acids is 1. The van der Waals surface area contributed by atoms with E-state index in [4.69, 9.17) is 4.74 Å². The van der Waals surface area contributed by atoms with Gasteiger partial charge in [0, 0.05) is 12.1 Å². The molecule has 3 amide bonds. The number of carbonyl (C=O) groups excluding carboxylic acids is 3. The molecule has 2 rings (SSSR count). The van der Waals surface area contributed by atoms with Crippen molar-refractivity contribution in [2.75, 3.05) is 13.2 Å². The van der Waals surface area contributed by atoms with Crippen LogP contribution in [-0.4, -0.2) is 57.6 Å². The Hall–Kier alpha value is -2.90. The van der Waals surface area contributed by atoms with E-state index in [1.165, 1.54) is 12.1 Å². The first kappa shape index (κ1) is 18.4. The van der Waals surface area contributed by atoms with Crippen molar-refractivity contribution in [2.45, 2.75) is 26.4 Å². The minimum atomic E-state index is -1.52. The molecule has 1 aliphatic rings. The molecule has 0 aromatic heterocycles. The van der Waals surface area contributed by atoms with Gasteiger partial charge < -0.3 is 9.84 Å². The molecule has 8 nitrogen and oxygen atoms in total. The number of nitrogens with zero attached hydrogens (tertiary/aromatic N) is 2. The van der Waals surface area contributed by atoms with Gasteiger partial charge in [-0.05, 0) is 32.9 Å². The van der Waals surface area contributed by atoms with Crippen LogP contribution >= 0.6 is 0 Å². The summed E-state index contributed by atoms with van der Waals surface area (Å²) < 4.78 is 5.22. The molecule has 0 bridgehead atoms. The molecule has 25 heavy (non-hydrogen) atoms. The van der Waals surface area contributed by atoms with E-state index in [1.807, 2.05) is 0 Å². The van der Waals surface area contributed by atoms with Crippen LogP contribution in [0.25, 0.3) is 0 Å². The maximum Gasteiger partial charge on any atom is 0.411 e. The van der Waals surface area contributed by atoms with Gasteiger partial charge in [0.2, 0.25) is 5.91 Å². The minimum Gasteiger partial charge on any atom is -0.481 e. The Morgan fingerprint density at radius 2 is 1.76 bits per heavy atom. The molecule has 0 aliphatic carbocycles. The van der Waals surface area contributed by atoms with Crippen molar-refractivity contribution < 1.29 is 29.0 Å². The summed E-state index contributed by atoms with van der Waals surface area (Å²) in [6.07, 6.45) is -0.780. The van der Waals surface area contributed by atoms with Crippen LogP contribution in [-0.2, 0) is 14.3 Å². The van der Waals surface area contributed by atoms with Gasteiger partial charge in [-0.25, -0.2) is 4.79 Å². The predicted molar refractivity (Wildman–Crippen MR) is 86.6 cm³/mol. The van der Waals surface area contributed by atoms with Gasteiger partial charge in [-0.15, -0.1) is 0 Å². The van der Waals surface area contributed by atoms with Crippen LogP contribution in [0.5, 0.6) is 0 Å². The number of aliphatic carboxylic acids is 1. The lowest BCUT2D eigenvalue weighted by Crippen LogP contribution is -2.59. The van der Waals surface area contributed by atoms with Crippen molar-refractivity contribution >= 4 is 23.9 Å². The van der Waals surface area contributed by atoms with Crippen LogP contribution in [0.2, 0.25) is 0 Å². The molecule has 8 heteroatoms. The monoisotopic (exact) mass is 348 g/mol. The largest absolute Gasteiger partial charge is 0.481 e. The Balaban J connectivity index is 2.28. The summed E-state index contributed by atoms with van der Waals surface area (Å²) in [7, 11) is 0. The Labute approximate surface area is 145 Å². The Kier molecular flexibility index (Phi) is 5.10. The van der Waals surface area contributed by atoms with Crippen LogP contribution in [0.1, 0.15) is 31.1 Å². The molecule has 0 saturated carbocycles. The van der Waals surface area contributed by atoms with Gasteiger partial charge in [-0.3, -0.25) is 24.2 Å².